The van der Waals surface area contributed by atoms with Crippen molar-refractivity contribution < 1.29 is 5.11 Å². The van der Waals surface area contributed by atoms with Crippen molar-refractivity contribution in [2.24, 2.45) is 0 Å². The fourth-order valence-electron chi connectivity index (χ4n) is 0.539. The molecule has 1 rings (SSSR count). The summed E-state index contributed by atoms with van der Waals surface area (Å²) >= 11 is 11.0. The number of benzene rings is 1. The van der Waals surface area contributed by atoms with Crippen LogP contribution in [-0.2, 0) is 0 Å². The molecule has 58 valence electrons. The summed E-state index contributed by atoms with van der Waals surface area (Å²) in [5, 5.41) is 21.7. The molecule has 0 radical (unpaired) electrons. The van der Waals surface area contributed by atoms with E-state index in [0.29, 0.717) is 10.0 Å². The molecule has 0 aliphatic heterocycles. The normalized spacial score (nSPS) is 8.00. The van der Waals surface area contributed by atoms with Crippen molar-refractivity contribution in [1.29, 1.82) is 10.8 Å². The zero-order chi connectivity index (χ0) is 8.85. The van der Waals surface area contributed by atoms with E-state index in [9.17, 15) is 0 Å². The lowest BCUT2D eigenvalue weighted by atomic mass is 10.3. The van der Waals surface area contributed by atoms with Crippen molar-refractivity contribution in [1.82, 2.24) is 0 Å². The van der Waals surface area contributed by atoms with Crippen LogP contribution in [0.15, 0.2) is 18.2 Å². The smallest absolute Gasteiger partial charge is 0.118 e. The summed E-state index contributed by atoms with van der Waals surface area (Å²) in [5.41, 5.74) is 0. The van der Waals surface area contributed by atoms with Crippen molar-refractivity contribution in [2.45, 2.75) is 0 Å². The quantitative estimate of drug-likeness (QED) is 0.641. The van der Waals surface area contributed by atoms with Gasteiger partial charge in [0, 0.05) is 20.8 Å². The fraction of sp³-hybridized carbons (Fsp3) is 0. The molecule has 0 bridgehead atoms. The summed E-state index contributed by atoms with van der Waals surface area (Å²) in [7, 11) is 0. The molecule has 1 aromatic carbocycles. The average molecular weight is 191 g/mol. The van der Waals surface area contributed by atoms with Crippen LogP contribution in [0.1, 0.15) is 0 Å². The van der Waals surface area contributed by atoms with Crippen LogP contribution in [-0.4, -0.2) is 5.11 Å². The maximum Gasteiger partial charge on any atom is 0.118 e. The Morgan fingerprint density at radius 3 is 1.64 bits per heavy atom. The third-order valence-electron chi connectivity index (χ3n) is 0.847. The van der Waals surface area contributed by atoms with E-state index in [1.54, 1.807) is 6.07 Å². The zero-order valence-corrected chi connectivity index (χ0v) is 6.84. The van der Waals surface area contributed by atoms with Gasteiger partial charge in [0.1, 0.15) is 5.75 Å². The number of aromatic hydroxyl groups is 1. The third kappa shape index (κ3) is 3.66. The molecular formula is C6H4Cl2N2O. The molecule has 0 aliphatic rings. The molecule has 1 N–H and O–H groups in total. The van der Waals surface area contributed by atoms with Crippen molar-refractivity contribution >= 4 is 23.2 Å². The molecule has 5 heteroatoms. The zero-order valence-electron chi connectivity index (χ0n) is 5.33. The third-order valence-corrected chi connectivity index (χ3v) is 1.28. The minimum atomic E-state index is 0.0903. The Hall–Kier alpha value is -0.980. The van der Waals surface area contributed by atoms with Gasteiger partial charge < -0.3 is 5.11 Å². The van der Waals surface area contributed by atoms with E-state index in [4.69, 9.17) is 39.1 Å². The summed E-state index contributed by atoms with van der Waals surface area (Å²) in [5.74, 6) is 0.0903. The first-order valence-corrected chi connectivity index (χ1v) is 3.29. The maximum atomic E-state index is 8.82. The van der Waals surface area contributed by atoms with Gasteiger partial charge in [0.05, 0.1) is 0 Å². The Morgan fingerprint density at radius 2 is 1.36 bits per heavy atom. The first kappa shape index (κ1) is 10.0. The van der Waals surface area contributed by atoms with Gasteiger partial charge in [0.25, 0.3) is 0 Å². The number of nitrogens with zero attached hydrogens (tertiary/aromatic N) is 2. The van der Waals surface area contributed by atoms with Gasteiger partial charge in [-0.05, 0) is 18.2 Å². The Balaban J connectivity index is 0.000000461. The van der Waals surface area contributed by atoms with E-state index >= 15 is 0 Å². The highest BCUT2D eigenvalue weighted by Gasteiger charge is 1.93. The van der Waals surface area contributed by atoms with Crippen LogP contribution in [0, 0.1) is 10.8 Å². The van der Waals surface area contributed by atoms with Gasteiger partial charge in [-0.15, -0.1) is 0 Å². The first-order chi connectivity index (χ1) is 5.18. The molecular weight excluding hydrogens is 187 g/mol. The van der Waals surface area contributed by atoms with E-state index in [2.05, 4.69) is 0 Å². The summed E-state index contributed by atoms with van der Waals surface area (Å²) in [4.78, 5) is 0. The average Bonchev–Trinajstić information content (AvgIpc) is 1.88. The van der Waals surface area contributed by atoms with E-state index in [1.165, 1.54) is 12.1 Å². The molecule has 0 saturated heterocycles. The molecule has 11 heavy (non-hydrogen) atoms. The molecule has 0 heterocycles. The number of hydrogen-bond donors (Lipinski definition) is 1. The van der Waals surface area contributed by atoms with Gasteiger partial charge in [0.2, 0.25) is 0 Å². The van der Waals surface area contributed by atoms with Crippen LogP contribution in [0.4, 0.5) is 0 Å². The summed E-state index contributed by atoms with van der Waals surface area (Å²) in [6, 6.07) is 4.41. The van der Waals surface area contributed by atoms with Gasteiger partial charge in [-0.3, -0.25) is 0 Å². The van der Waals surface area contributed by atoms with E-state index in [-0.39, 0.29) is 5.75 Å². The molecule has 0 aromatic heterocycles. The van der Waals surface area contributed by atoms with Crippen LogP contribution >= 0.6 is 23.2 Å². The van der Waals surface area contributed by atoms with Crippen LogP contribution in [0.5, 0.6) is 5.75 Å². The van der Waals surface area contributed by atoms with Gasteiger partial charge in [0.15, 0.2) is 0 Å². The minimum Gasteiger partial charge on any atom is -0.508 e. The highest BCUT2D eigenvalue weighted by atomic mass is 35.5. The molecule has 0 aliphatic carbocycles. The maximum absolute atomic E-state index is 8.82. The van der Waals surface area contributed by atoms with E-state index in [1.807, 2.05) is 0 Å². The molecule has 0 saturated carbocycles. The first-order valence-electron chi connectivity index (χ1n) is 2.53. The molecule has 0 atom stereocenters. The lowest BCUT2D eigenvalue weighted by molar-refractivity contribution is 0.475. The van der Waals surface area contributed by atoms with Crippen molar-refractivity contribution in [3.8, 4) is 5.75 Å². The van der Waals surface area contributed by atoms with Crippen molar-refractivity contribution in [2.75, 3.05) is 0 Å². The number of phenolic OH excluding ortho intramolecular Hbond substituents is 1. The van der Waals surface area contributed by atoms with Gasteiger partial charge in [-0.25, -0.2) is 0 Å². The van der Waals surface area contributed by atoms with Crippen LogP contribution in [0.3, 0.4) is 0 Å². The fourth-order valence-corrected chi connectivity index (χ4v) is 1.05. The second-order valence-electron chi connectivity index (χ2n) is 1.63. The Bertz CT molecular complexity index is 212. The number of phenols is 1. The predicted molar refractivity (Wildman–Crippen MR) is 41.6 cm³/mol. The molecule has 0 fully saturated rings. The Morgan fingerprint density at radius 1 is 1.00 bits per heavy atom. The van der Waals surface area contributed by atoms with Gasteiger partial charge >= 0.3 is 0 Å². The monoisotopic (exact) mass is 190 g/mol. The van der Waals surface area contributed by atoms with Gasteiger partial charge in [-0.2, -0.15) is 0 Å². The van der Waals surface area contributed by atoms with Crippen molar-refractivity contribution in [3.63, 3.8) is 0 Å². The Labute approximate surface area is 73.6 Å². The summed E-state index contributed by atoms with van der Waals surface area (Å²) < 4.78 is 0. The second kappa shape index (κ2) is 4.78. The largest absolute Gasteiger partial charge is 0.508 e. The van der Waals surface area contributed by atoms with Crippen LogP contribution in [0.25, 0.3) is 0 Å². The molecule has 0 unspecified atom stereocenters. The second-order valence-corrected chi connectivity index (χ2v) is 2.50. The lowest BCUT2D eigenvalue weighted by Gasteiger charge is -1.92. The summed E-state index contributed by atoms with van der Waals surface area (Å²) in [6.07, 6.45) is 0. The predicted octanol–water partition coefficient (Wildman–Crippen LogP) is 2.73. The molecule has 0 spiro atoms. The highest BCUT2D eigenvalue weighted by molar-refractivity contribution is 6.34. The summed E-state index contributed by atoms with van der Waals surface area (Å²) in [6.45, 7) is 0. The topological polar surface area (TPSA) is 67.8 Å². The van der Waals surface area contributed by atoms with Crippen LogP contribution in [0.2, 0.25) is 10.0 Å². The van der Waals surface area contributed by atoms with Gasteiger partial charge in [-0.1, -0.05) is 23.2 Å². The van der Waals surface area contributed by atoms with Crippen LogP contribution < -0.4 is 0 Å². The number of halogens is 2. The lowest BCUT2D eigenvalue weighted by Crippen LogP contribution is -1.65. The molecule has 3 nitrogen and oxygen atoms in total. The molecule has 1 aromatic rings. The van der Waals surface area contributed by atoms with Crippen molar-refractivity contribution in [3.05, 3.63) is 28.2 Å². The minimum absolute atomic E-state index is 0.0903. The highest BCUT2D eigenvalue weighted by Crippen LogP contribution is 2.22. The number of rotatable bonds is 0. The van der Waals surface area contributed by atoms with E-state index in [0.717, 1.165) is 0 Å². The molecule has 0 amide bonds. The Kier molecular flexibility index (Phi) is 4.35. The van der Waals surface area contributed by atoms with E-state index < -0.39 is 0 Å². The standard InChI is InChI=1S/C6H4Cl2O.N2/c7-4-1-5(8)3-6(9)2-4;1-2/h1-3,9H;. The SMILES string of the molecule is N#N.Oc1cc(Cl)cc(Cl)c1. The number of hydrogen-bond acceptors (Lipinski definition) is 3.